The molecule has 3 aliphatic heterocycles. The van der Waals surface area contributed by atoms with Crippen LogP contribution in [0.4, 0.5) is 18.9 Å². The van der Waals surface area contributed by atoms with Crippen molar-refractivity contribution in [2.75, 3.05) is 51.2 Å². The van der Waals surface area contributed by atoms with E-state index < -0.39 is 23.5 Å². The van der Waals surface area contributed by atoms with Crippen LogP contribution in [-0.2, 0) is 60.2 Å². The summed E-state index contributed by atoms with van der Waals surface area (Å²) in [7, 11) is 3.67. The summed E-state index contributed by atoms with van der Waals surface area (Å²) in [6, 6.07) is 22.1. The van der Waals surface area contributed by atoms with E-state index in [9.17, 15) is 32.3 Å². The number of alkyl halides is 3. The van der Waals surface area contributed by atoms with Crippen molar-refractivity contribution in [1.82, 2.24) is 43.7 Å². The Bertz CT molecular complexity index is 2850. The fraction of sp³-hybridized carbons (Fsp3) is 0.400. The highest BCUT2D eigenvalue weighted by Gasteiger charge is 2.35. The minimum atomic E-state index is -4.68. The van der Waals surface area contributed by atoms with Crippen LogP contribution < -0.4 is 15.9 Å². The first kappa shape index (κ1) is 46.6. The first-order chi connectivity index (χ1) is 32.8. The number of likely N-dealkylation sites (tertiary alicyclic amines) is 1. The number of likely N-dealkylation sites (N-methyl/N-ethyl adjacent to an activating group) is 1. The molecule has 1 N–H and O–H groups in total. The Morgan fingerprint density at radius 1 is 0.853 bits per heavy atom. The number of piperazine rings is 1. The Labute approximate surface area is 391 Å². The number of carbonyl (C=O) groups is 3. The number of pyridine rings is 1. The predicted molar refractivity (Wildman–Crippen MR) is 248 cm³/mol. The Morgan fingerprint density at radius 3 is 2.37 bits per heavy atom. The molecule has 3 aromatic heterocycles. The van der Waals surface area contributed by atoms with E-state index in [0.29, 0.717) is 68.1 Å². The maximum Gasteiger partial charge on any atom is 0.418 e. The number of amides is 2. The summed E-state index contributed by atoms with van der Waals surface area (Å²) in [4.78, 5) is 58.5. The predicted octanol–water partition coefficient (Wildman–Crippen LogP) is 5.38. The molecule has 0 bridgehead atoms. The van der Waals surface area contributed by atoms with Gasteiger partial charge in [-0.3, -0.25) is 43.4 Å². The van der Waals surface area contributed by atoms with Gasteiger partial charge in [0.05, 0.1) is 35.5 Å². The second kappa shape index (κ2) is 20.0. The number of fused-ring (bicyclic) bond motifs is 1. The van der Waals surface area contributed by atoms with Gasteiger partial charge in [0.2, 0.25) is 11.8 Å². The minimum Gasteiger partial charge on any atom is -0.372 e. The largest absolute Gasteiger partial charge is 0.418 e. The lowest BCUT2D eigenvalue weighted by Crippen LogP contribution is -2.51. The molecule has 68 heavy (non-hydrogen) atoms. The van der Waals surface area contributed by atoms with E-state index in [0.717, 1.165) is 84.7 Å². The highest BCUT2D eigenvalue weighted by atomic mass is 19.4. The lowest BCUT2D eigenvalue weighted by atomic mass is 10.0. The number of piperidine rings is 2. The first-order valence-corrected chi connectivity index (χ1v) is 23.0. The number of aromatic nitrogens is 5. The molecule has 0 radical (unpaired) electrons. The molecule has 15 nitrogen and oxygen atoms in total. The van der Waals surface area contributed by atoms with Crippen molar-refractivity contribution in [3.8, 4) is 5.69 Å². The lowest BCUT2D eigenvalue weighted by Gasteiger charge is -2.36. The molecule has 3 saturated heterocycles. The van der Waals surface area contributed by atoms with Crippen molar-refractivity contribution in [2.45, 2.75) is 76.7 Å². The number of rotatable bonds is 15. The van der Waals surface area contributed by atoms with E-state index in [1.165, 1.54) is 22.5 Å². The van der Waals surface area contributed by atoms with Crippen LogP contribution in [0.2, 0.25) is 0 Å². The fourth-order valence-electron chi connectivity index (χ4n) is 9.66. The van der Waals surface area contributed by atoms with Gasteiger partial charge in [0.15, 0.2) is 0 Å². The maximum absolute atomic E-state index is 14.6. The number of benzene rings is 3. The molecule has 9 rings (SSSR count). The number of carbonyl (C=O) groups excluding carboxylic acids is 3. The van der Waals surface area contributed by atoms with Gasteiger partial charge in [-0.05, 0) is 97.1 Å². The van der Waals surface area contributed by atoms with E-state index in [4.69, 9.17) is 4.74 Å². The van der Waals surface area contributed by atoms with Crippen molar-refractivity contribution < 1.29 is 32.3 Å². The number of imidazole rings is 1. The van der Waals surface area contributed by atoms with Crippen LogP contribution >= 0.6 is 0 Å². The van der Waals surface area contributed by atoms with Gasteiger partial charge >= 0.3 is 11.9 Å². The highest BCUT2D eigenvalue weighted by Crippen LogP contribution is 2.34. The summed E-state index contributed by atoms with van der Waals surface area (Å²) in [5, 5.41) is 10.4. The van der Waals surface area contributed by atoms with Crippen molar-refractivity contribution in [1.29, 1.82) is 0 Å². The zero-order valence-electron chi connectivity index (χ0n) is 38.2. The highest BCUT2D eigenvalue weighted by molar-refractivity contribution is 6.00. The maximum atomic E-state index is 14.6. The molecule has 356 valence electrons. The second-order valence-electron chi connectivity index (χ2n) is 18.3. The average Bonchev–Trinajstić information content (AvgIpc) is 3.89. The molecular formula is C50H55F3N10O5. The Kier molecular flexibility index (Phi) is 13.7. The van der Waals surface area contributed by atoms with Gasteiger partial charge in [0.1, 0.15) is 18.4 Å². The van der Waals surface area contributed by atoms with Crippen LogP contribution in [0.25, 0.3) is 11.2 Å². The Balaban J connectivity index is 0.773. The topological polar surface area (TPSA) is 143 Å². The molecule has 6 aromatic rings. The quantitative estimate of drug-likeness (QED) is 0.105. The third-order valence-corrected chi connectivity index (χ3v) is 13.4. The average molecular weight is 933 g/mol. The van der Waals surface area contributed by atoms with Gasteiger partial charge < -0.3 is 14.2 Å². The number of ether oxygens (including phenoxy) is 1. The van der Waals surface area contributed by atoms with E-state index in [1.54, 1.807) is 29.1 Å². The van der Waals surface area contributed by atoms with Crippen molar-refractivity contribution >= 4 is 29.3 Å². The van der Waals surface area contributed by atoms with Crippen LogP contribution in [-0.4, -0.2) is 115 Å². The molecule has 2 amide bonds. The number of anilines is 1. The summed E-state index contributed by atoms with van der Waals surface area (Å²) in [6.45, 7) is 6.48. The molecule has 6 heterocycles. The number of halogens is 3. The Morgan fingerprint density at radius 2 is 1.63 bits per heavy atom. The van der Waals surface area contributed by atoms with E-state index >= 15 is 0 Å². The van der Waals surface area contributed by atoms with Crippen molar-refractivity contribution in [3.05, 3.63) is 147 Å². The molecule has 0 aliphatic carbocycles. The lowest BCUT2D eigenvalue weighted by molar-refractivity contribution is -0.138. The van der Waals surface area contributed by atoms with Crippen LogP contribution in [0.5, 0.6) is 0 Å². The van der Waals surface area contributed by atoms with Gasteiger partial charge in [-0.1, -0.05) is 36.4 Å². The third-order valence-electron chi connectivity index (χ3n) is 13.4. The van der Waals surface area contributed by atoms with Crippen LogP contribution in [0, 0.1) is 0 Å². The van der Waals surface area contributed by atoms with Gasteiger partial charge in [0, 0.05) is 95.9 Å². The number of aldehydes is 1. The summed E-state index contributed by atoms with van der Waals surface area (Å²) >= 11 is 0. The third kappa shape index (κ3) is 10.6. The molecule has 0 saturated carbocycles. The second-order valence-corrected chi connectivity index (χ2v) is 18.3. The van der Waals surface area contributed by atoms with Crippen LogP contribution in [0.3, 0.4) is 0 Å². The number of nitrogens with one attached hydrogen (secondary N) is 1. The molecule has 2 atom stereocenters. The summed E-state index contributed by atoms with van der Waals surface area (Å²) in [5.74, 6) is 0.156. The SMILES string of the molecule is CN(Cc1cc(N2CCN(Cc3ccc(COC4CCCN(Cc5cc(C(F)(F)F)c6cn(-c7cccc(Cc8nncn8C)c7)c(=O)n6c5)C4)cc3)CC2)ccc1C=O)C1CCC(=O)NC1=O. The number of hydrogen-bond acceptors (Lipinski definition) is 11. The molecule has 3 aliphatic rings. The summed E-state index contributed by atoms with van der Waals surface area (Å²) in [6.07, 6.45) is 3.32. The molecule has 3 aromatic carbocycles. The molecular weight excluding hydrogens is 878 g/mol. The zero-order valence-corrected chi connectivity index (χ0v) is 38.2. The fourth-order valence-corrected chi connectivity index (χ4v) is 9.66. The standard InChI is InChI=1S/C50H55F3N10O5/c1-57(44-14-15-47(65)55-48(44)66)28-39-24-40(13-12-38(39)31-64)61-19-17-59(18-20-61)25-34-8-10-35(11-9-34)32-68-42-7-4-16-60(29-42)26-37-22-43(50(51,52)53)45-30-62(49(67)63(45)27-37)41-6-3-5-36(21-41)23-46-56-54-33-58(46)2/h3,5-6,8-13,21-22,24,27,30-31,33,42,44H,4,7,14-20,23,25-26,28-29,32H2,1-2H3,(H,55,65,66). The number of nitrogens with zero attached hydrogens (tertiary/aromatic N) is 9. The normalized spacial score (nSPS) is 18.7. The van der Waals surface area contributed by atoms with E-state index in [2.05, 4.69) is 54.5 Å². The number of hydrogen-bond donors (Lipinski definition) is 1. The van der Waals surface area contributed by atoms with Crippen LogP contribution in [0.1, 0.15) is 75.2 Å². The zero-order chi connectivity index (χ0) is 47.5. The van der Waals surface area contributed by atoms with Gasteiger partial charge in [-0.15, -0.1) is 10.2 Å². The van der Waals surface area contributed by atoms with Gasteiger partial charge in [-0.25, -0.2) is 4.79 Å². The monoisotopic (exact) mass is 932 g/mol. The number of imide groups is 1. The van der Waals surface area contributed by atoms with Gasteiger partial charge in [0.25, 0.3) is 0 Å². The summed E-state index contributed by atoms with van der Waals surface area (Å²) < 4.78 is 54.3. The smallest absolute Gasteiger partial charge is 0.372 e. The van der Waals surface area contributed by atoms with Crippen molar-refractivity contribution in [3.63, 3.8) is 0 Å². The summed E-state index contributed by atoms with van der Waals surface area (Å²) in [5.41, 5.74) is 4.73. The minimum absolute atomic E-state index is 0.0971. The first-order valence-electron chi connectivity index (χ1n) is 23.0. The van der Waals surface area contributed by atoms with Gasteiger partial charge in [-0.2, -0.15) is 13.2 Å². The molecule has 3 fully saturated rings. The van der Waals surface area contributed by atoms with Crippen LogP contribution in [0.15, 0.2) is 96.3 Å². The van der Waals surface area contributed by atoms with E-state index in [1.807, 2.05) is 43.3 Å². The molecule has 2 unspecified atom stereocenters. The number of aryl methyl sites for hydroxylation is 1. The molecule has 18 heteroatoms. The van der Waals surface area contributed by atoms with E-state index in [-0.39, 0.29) is 30.0 Å². The molecule has 0 spiro atoms. The van der Waals surface area contributed by atoms with Crippen molar-refractivity contribution in [2.24, 2.45) is 7.05 Å². The Hall–Kier alpha value is -6.47.